The lowest BCUT2D eigenvalue weighted by Gasteiger charge is -2.25. The average molecular weight is 267 g/mol. The van der Waals surface area contributed by atoms with E-state index in [9.17, 15) is 4.79 Å². The number of nitrogens with one attached hydrogen (secondary N) is 1. The van der Waals surface area contributed by atoms with E-state index in [2.05, 4.69) is 5.32 Å². The standard InChI is InChI=1S/C14H19ClN2O/c1-16-9-8-14(18)17-10-4-7-13(17)11-5-2-3-6-12(11)15/h2-3,5-6,13,16H,4,7-10H2,1H3/t13-/m1/s1. The van der Waals surface area contributed by atoms with Crippen molar-refractivity contribution in [2.45, 2.75) is 25.3 Å². The zero-order valence-electron chi connectivity index (χ0n) is 10.7. The molecule has 18 heavy (non-hydrogen) atoms. The predicted octanol–water partition coefficient (Wildman–Crippen LogP) is 2.61. The highest BCUT2D eigenvalue weighted by Crippen LogP contribution is 2.35. The van der Waals surface area contributed by atoms with Gasteiger partial charge in [0.25, 0.3) is 0 Å². The second-order valence-electron chi connectivity index (χ2n) is 4.62. The third-order valence-corrected chi connectivity index (χ3v) is 3.77. The number of benzene rings is 1. The van der Waals surface area contributed by atoms with Crippen LogP contribution in [-0.4, -0.2) is 30.9 Å². The Morgan fingerprint density at radius 3 is 3.00 bits per heavy atom. The second kappa shape index (κ2) is 6.21. The summed E-state index contributed by atoms with van der Waals surface area (Å²) in [4.78, 5) is 14.1. The van der Waals surface area contributed by atoms with Gasteiger partial charge in [-0.1, -0.05) is 29.8 Å². The van der Waals surface area contributed by atoms with Crippen LogP contribution in [0.2, 0.25) is 5.02 Å². The SMILES string of the molecule is CNCCC(=O)N1CCC[C@@H]1c1ccccc1Cl. The molecule has 1 atom stereocenters. The molecule has 1 fully saturated rings. The highest BCUT2D eigenvalue weighted by atomic mass is 35.5. The van der Waals surface area contributed by atoms with Gasteiger partial charge in [0, 0.05) is 24.5 Å². The summed E-state index contributed by atoms with van der Waals surface area (Å²) in [5, 5.41) is 3.77. The van der Waals surface area contributed by atoms with Crippen LogP contribution in [0.5, 0.6) is 0 Å². The van der Waals surface area contributed by atoms with Gasteiger partial charge in [-0.15, -0.1) is 0 Å². The van der Waals surface area contributed by atoms with Gasteiger partial charge in [0.1, 0.15) is 0 Å². The maximum Gasteiger partial charge on any atom is 0.224 e. The van der Waals surface area contributed by atoms with Crippen LogP contribution in [0.4, 0.5) is 0 Å². The normalized spacial score (nSPS) is 19.2. The van der Waals surface area contributed by atoms with Crippen LogP contribution in [0.15, 0.2) is 24.3 Å². The molecule has 0 unspecified atom stereocenters. The molecule has 1 aromatic rings. The molecule has 3 nitrogen and oxygen atoms in total. The Balaban J connectivity index is 2.12. The average Bonchev–Trinajstić information content (AvgIpc) is 2.85. The van der Waals surface area contributed by atoms with E-state index in [1.807, 2.05) is 36.2 Å². The van der Waals surface area contributed by atoms with Gasteiger partial charge in [-0.25, -0.2) is 0 Å². The maximum absolute atomic E-state index is 12.1. The molecular formula is C14H19ClN2O. The Kier molecular flexibility index (Phi) is 4.61. The molecule has 1 saturated heterocycles. The summed E-state index contributed by atoms with van der Waals surface area (Å²) in [6, 6.07) is 7.98. The molecule has 2 rings (SSSR count). The Morgan fingerprint density at radius 2 is 2.28 bits per heavy atom. The van der Waals surface area contributed by atoms with E-state index < -0.39 is 0 Å². The molecule has 1 aliphatic rings. The first-order valence-electron chi connectivity index (χ1n) is 6.42. The summed E-state index contributed by atoms with van der Waals surface area (Å²) in [7, 11) is 1.86. The van der Waals surface area contributed by atoms with Crippen molar-refractivity contribution in [1.29, 1.82) is 0 Å². The summed E-state index contributed by atoms with van der Waals surface area (Å²) >= 11 is 6.23. The largest absolute Gasteiger partial charge is 0.336 e. The summed E-state index contributed by atoms with van der Waals surface area (Å²) in [6.07, 6.45) is 2.62. The molecule has 1 aliphatic heterocycles. The minimum atomic E-state index is 0.156. The summed E-state index contributed by atoms with van der Waals surface area (Å²) < 4.78 is 0. The quantitative estimate of drug-likeness (QED) is 0.909. The molecule has 0 aliphatic carbocycles. The number of halogens is 1. The van der Waals surface area contributed by atoms with E-state index in [4.69, 9.17) is 11.6 Å². The van der Waals surface area contributed by atoms with Crippen LogP contribution >= 0.6 is 11.6 Å². The van der Waals surface area contributed by atoms with Crippen molar-refractivity contribution in [3.63, 3.8) is 0 Å². The molecule has 0 radical (unpaired) electrons. The van der Waals surface area contributed by atoms with Gasteiger partial charge in [0.15, 0.2) is 0 Å². The number of hydrogen-bond donors (Lipinski definition) is 1. The van der Waals surface area contributed by atoms with E-state index in [0.29, 0.717) is 6.42 Å². The molecule has 4 heteroatoms. The van der Waals surface area contributed by atoms with Gasteiger partial charge < -0.3 is 10.2 Å². The van der Waals surface area contributed by atoms with Crippen molar-refractivity contribution in [3.8, 4) is 0 Å². The van der Waals surface area contributed by atoms with Gasteiger partial charge in [-0.05, 0) is 31.5 Å². The fraction of sp³-hybridized carbons (Fsp3) is 0.500. The van der Waals surface area contributed by atoms with Crippen LogP contribution in [-0.2, 0) is 4.79 Å². The Hall–Kier alpha value is -1.06. The molecule has 0 bridgehead atoms. The summed E-state index contributed by atoms with van der Waals surface area (Å²) in [5.41, 5.74) is 1.08. The van der Waals surface area contributed by atoms with E-state index in [-0.39, 0.29) is 11.9 Å². The number of carbonyl (C=O) groups is 1. The maximum atomic E-state index is 12.1. The van der Waals surface area contributed by atoms with Crippen molar-refractivity contribution >= 4 is 17.5 Å². The van der Waals surface area contributed by atoms with E-state index >= 15 is 0 Å². The van der Waals surface area contributed by atoms with Gasteiger partial charge >= 0.3 is 0 Å². The number of hydrogen-bond acceptors (Lipinski definition) is 2. The molecule has 1 amide bonds. The fourth-order valence-corrected chi connectivity index (χ4v) is 2.77. The molecule has 0 aromatic heterocycles. The number of nitrogens with zero attached hydrogens (tertiary/aromatic N) is 1. The number of amides is 1. The van der Waals surface area contributed by atoms with E-state index in [1.165, 1.54) is 0 Å². The van der Waals surface area contributed by atoms with E-state index in [0.717, 1.165) is 36.5 Å². The third kappa shape index (κ3) is 2.85. The number of rotatable bonds is 4. The van der Waals surface area contributed by atoms with Crippen LogP contribution in [0.3, 0.4) is 0 Å². The topological polar surface area (TPSA) is 32.3 Å². The number of likely N-dealkylation sites (tertiary alicyclic amines) is 1. The first-order chi connectivity index (χ1) is 8.74. The minimum Gasteiger partial charge on any atom is -0.336 e. The van der Waals surface area contributed by atoms with Crippen LogP contribution < -0.4 is 5.32 Å². The van der Waals surface area contributed by atoms with Crippen molar-refractivity contribution in [1.82, 2.24) is 10.2 Å². The van der Waals surface area contributed by atoms with Gasteiger partial charge in [-0.3, -0.25) is 4.79 Å². The van der Waals surface area contributed by atoms with Crippen molar-refractivity contribution in [2.75, 3.05) is 20.1 Å². The molecule has 1 heterocycles. The van der Waals surface area contributed by atoms with Crippen molar-refractivity contribution in [2.24, 2.45) is 0 Å². The molecule has 0 saturated carbocycles. The molecular weight excluding hydrogens is 248 g/mol. The fourth-order valence-electron chi connectivity index (χ4n) is 2.51. The summed E-state index contributed by atoms with van der Waals surface area (Å²) in [6.45, 7) is 1.57. The van der Waals surface area contributed by atoms with Gasteiger partial charge in [-0.2, -0.15) is 0 Å². The zero-order valence-corrected chi connectivity index (χ0v) is 11.4. The lowest BCUT2D eigenvalue weighted by Crippen LogP contribution is -2.32. The lowest BCUT2D eigenvalue weighted by molar-refractivity contribution is -0.132. The second-order valence-corrected chi connectivity index (χ2v) is 5.03. The van der Waals surface area contributed by atoms with Crippen LogP contribution in [0.25, 0.3) is 0 Å². The smallest absolute Gasteiger partial charge is 0.224 e. The van der Waals surface area contributed by atoms with Gasteiger partial charge in [0.05, 0.1) is 6.04 Å². The highest BCUT2D eigenvalue weighted by molar-refractivity contribution is 6.31. The molecule has 98 valence electrons. The lowest BCUT2D eigenvalue weighted by atomic mass is 10.0. The summed E-state index contributed by atoms with van der Waals surface area (Å²) in [5.74, 6) is 0.215. The van der Waals surface area contributed by atoms with Crippen molar-refractivity contribution in [3.05, 3.63) is 34.9 Å². The Morgan fingerprint density at radius 1 is 1.50 bits per heavy atom. The molecule has 1 aromatic carbocycles. The highest BCUT2D eigenvalue weighted by Gasteiger charge is 2.30. The Bertz CT molecular complexity index is 422. The predicted molar refractivity (Wildman–Crippen MR) is 73.7 cm³/mol. The first-order valence-corrected chi connectivity index (χ1v) is 6.80. The van der Waals surface area contributed by atoms with Crippen LogP contribution in [0, 0.1) is 0 Å². The van der Waals surface area contributed by atoms with Crippen LogP contribution in [0.1, 0.15) is 30.9 Å². The monoisotopic (exact) mass is 266 g/mol. The minimum absolute atomic E-state index is 0.156. The molecule has 1 N–H and O–H groups in total. The van der Waals surface area contributed by atoms with Gasteiger partial charge in [0.2, 0.25) is 5.91 Å². The van der Waals surface area contributed by atoms with Crippen molar-refractivity contribution < 1.29 is 4.79 Å². The third-order valence-electron chi connectivity index (χ3n) is 3.43. The number of carbonyl (C=O) groups excluding carboxylic acids is 1. The zero-order chi connectivity index (χ0) is 13.0. The first kappa shape index (κ1) is 13.4. The Labute approximate surface area is 113 Å². The molecule has 0 spiro atoms. The van der Waals surface area contributed by atoms with E-state index in [1.54, 1.807) is 0 Å².